The van der Waals surface area contributed by atoms with Gasteiger partial charge in [0.05, 0.1) is 12.1 Å². The molecule has 2 aliphatic rings. The number of hydrogen-bond acceptors (Lipinski definition) is 5. The van der Waals surface area contributed by atoms with Crippen LogP contribution in [0.2, 0.25) is 199 Å². The van der Waals surface area contributed by atoms with E-state index in [9.17, 15) is 13.2 Å². The number of carboxylic acids is 1. The van der Waals surface area contributed by atoms with E-state index in [1.165, 1.54) is 257 Å². The zero-order chi connectivity index (χ0) is 109. The molecular formula is C118H239N10O6SSi8+9. The van der Waals surface area contributed by atoms with Crippen LogP contribution in [0.15, 0.2) is 134 Å². The van der Waals surface area contributed by atoms with Crippen LogP contribution < -0.4 is 51.6 Å². The second-order valence-electron chi connectivity index (χ2n) is 51.5. The van der Waals surface area contributed by atoms with Gasteiger partial charge in [0, 0.05) is 168 Å². The molecule has 826 valence electrons. The summed E-state index contributed by atoms with van der Waals surface area (Å²) in [5.74, 6) is 10.8. The predicted molar refractivity (Wildman–Crippen MR) is 648 cm³/mol. The minimum Gasteiger partial charge on any atom is -0.477 e. The Balaban J connectivity index is -0.00000155. The second-order valence-corrected chi connectivity index (χ2v) is 97.3. The van der Waals surface area contributed by atoms with Crippen molar-refractivity contribution in [3.63, 3.8) is 0 Å². The molecule has 4 aromatic rings. The van der Waals surface area contributed by atoms with Gasteiger partial charge in [0.25, 0.3) is 0 Å². The Labute approximate surface area is 892 Å². The van der Waals surface area contributed by atoms with Crippen molar-refractivity contribution in [3.05, 3.63) is 156 Å². The summed E-state index contributed by atoms with van der Waals surface area (Å²) in [7, 11) is -11.1. The van der Waals surface area contributed by atoms with Crippen molar-refractivity contribution in [1.29, 1.82) is 0 Å². The quantitative estimate of drug-likeness (QED) is 0.00666. The summed E-state index contributed by atoms with van der Waals surface area (Å²) in [6.45, 7) is 63.9. The van der Waals surface area contributed by atoms with Gasteiger partial charge in [0.2, 0.25) is 5.37 Å². The van der Waals surface area contributed by atoms with Gasteiger partial charge in [0.15, 0.2) is 6.04 Å². The third kappa shape index (κ3) is 101. The lowest BCUT2D eigenvalue weighted by Crippen LogP contribution is -2.64. The maximum absolute atomic E-state index is 10.6. The van der Waals surface area contributed by atoms with Crippen LogP contribution in [0.25, 0.3) is 6.08 Å². The zero-order valence-electron chi connectivity index (χ0n) is 98.5. The maximum Gasteiger partial charge on any atom is 0.362 e. The number of carbonyl (C=O) groups is 1. The summed E-state index contributed by atoms with van der Waals surface area (Å²) in [6, 6.07) is 48.8. The summed E-state index contributed by atoms with van der Waals surface area (Å²) >= 11 is 0. The van der Waals surface area contributed by atoms with Crippen molar-refractivity contribution in [2.45, 2.75) is 524 Å². The SMILES string of the molecule is CCC/C=C/C([NH3+])CCCC[Si](C)(C)C.CCCC#CC([NH3+])CCCC[Si](C)(C)C.C[Si](C)(C)C#CCCCCC([NH3+])c1ccccc1.C[Si](C)(C)CCCCC([NH3+])C(=O)O.C[Si](C)(C)CCCCC([NH3+])C1CCCCC1.C[Si](C)(C)CCCCC([NH3+])C1CCOCC1.C[Si](C)(C)CCCCC([NH3+])S(=O)(=O)O.C[Si](C)(C)CCCCC([NH3+])c1cccnc1.[NH3+]C(CCCC/C=C/c1ccccc1)c1ccccc1. The van der Waals surface area contributed by atoms with Crippen LogP contribution in [0, 0.1) is 35.1 Å². The Bertz CT molecular complexity index is 3910. The van der Waals surface area contributed by atoms with E-state index < -0.39 is 92.1 Å². The highest BCUT2D eigenvalue weighted by atomic mass is 32.2. The number of benzene rings is 3. The lowest BCUT2D eigenvalue weighted by Gasteiger charge is -2.25. The number of allylic oxidation sites excluding steroid dienone is 2. The summed E-state index contributed by atoms with van der Waals surface area (Å²) in [4.78, 5) is 14.6. The molecule has 143 heavy (non-hydrogen) atoms. The van der Waals surface area contributed by atoms with E-state index in [1.807, 2.05) is 18.5 Å². The van der Waals surface area contributed by atoms with Crippen molar-refractivity contribution >= 4 is 86.8 Å². The van der Waals surface area contributed by atoms with Crippen LogP contribution in [0.1, 0.15) is 311 Å². The average molecular weight is 2150 g/mol. The summed E-state index contributed by atoms with van der Waals surface area (Å²) in [6.07, 6.45) is 62.1. The molecule has 1 saturated carbocycles. The van der Waals surface area contributed by atoms with E-state index in [0.29, 0.717) is 42.7 Å². The lowest BCUT2D eigenvalue weighted by atomic mass is 9.82. The molecule has 0 amide bonds. The Morgan fingerprint density at radius 3 is 1.17 bits per heavy atom. The summed E-state index contributed by atoms with van der Waals surface area (Å²) < 4.78 is 35.3. The number of carboxylic acid groups (broad SMARTS) is 1. The van der Waals surface area contributed by atoms with Crippen molar-refractivity contribution in [1.82, 2.24) is 4.98 Å². The number of rotatable bonds is 56. The molecule has 29 N–H and O–H groups in total. The first-order chi connectivity index (χ1) is 66.7. The maximum atomic E-state index is 10.6. The summed E-state index contributed by atoms with van der Waals surface area (Å²) in [5.41, 5.74) is 45.4. The van der Waals surface area contributed by atoms with Crippen LogP contribution in [-0.4, -0.2) is 142 Å². The minimum absolute atomic E-state index is 0.359. The molecule has 1 aromatic heterocycles. The molecular weight excluding hydrogens is 1910 g/mol. The van der Waals surface area contributed by atoms with Gasteiger partial charge in [0.1, 0.15) is 38.3 Å². The molecule has 0 spiro atoms. The predicted octanol–water partition coefficient (Wildman–Crippen LogP) is 25.3. The van der Waals surface area contributed by atoms with E-state index in [4.69, 9.17) is 14.4 Å². The highest BCUT2D eigenvalue weighted by Crippen LogP contribution is 2.29. The highest BCUT2D eigenvalue weighted by molar-refractivity contribution is 7.86. The number of aromatic nitrogens is 1. The number of nitrogens with zero attached hydrogens (tertiary/aromatic N) is 1. The monoisotopic (exact) mass is 2150 g/mol. The van der Waals surface area contributed by atoms with E-state index >= 15 is 0 Å². The van der Waals surface area contributed by atoms with Gasteiger partial charge >= 0.3 is 16.1 Å². The Morgan fingerprint density at radius 1 is 0.406 bits per heavy atom. The fourth-order valence-electron chi connectivity index (χ4n) is 16.8. The smallest absolute Gasteiger partial charge is 0.362 e. The molecule has 6 rings (SSSR count). The number of aliphatic carboxylic acids is 1. The van der Waals surface area contributed by atoms with Crippen LogP contribution in [0.5, 0.6) is 0 Å². The number of pyridine rings is 1. The molecule has 16 nitrogen and oxygen atoms in total. The second kappa shape index (κ2) is 83.7. The highest BCUT2D eigenvalue weighted by Gasteiger charge is 2.28. The number of quaternary nitrogens is 9. The molecule has 1 aliphatic heterocycles. The molecule has 3 aromatic carbocycles. The Morgan fingerprint density at radius 2 is 0.776 bits per heavy atom. The van der Waals surface area contributed by atoms with Crippen molar-refractivity contribution in [2.75, 3.05) is 13.2 Å². The van der Waals surface area contributed by atoms with Gasteiger partial charge in [-0.05, 0) is 152 Å². The van der Waals surface area contributed by atoms with E-state index in [0.717, 1.165) is 88.9 Å². The standard InChI is InChI=1S/C19H23N.C16H25NSi.C14H31NSi.C13H24N2Si.C13H29NOSi.C13H29NSi.C13H27NSi.C9H21NO2Si.C8H21NO3SSi/c20-19(18-14-8-4-9-15-18)16-10-2-1-5-11-17-12-6-3-7-13-17;1-18(2,3)14-10-5-4-9-13-16(17)15-11-7-6-8-12-15;1-16(2,3)12-8-7-11-14(15)13-9-5-4-6-10-13;1-16(2,3)10-5-4-8-13(14)12-7-6-9-15-11-12;1-16(2,3)11-5-4-6-13(14)12-7-9-15-10-8-12;2*1-5-6-7-10-13(14)11-8-9-12-15(2,3)4;1-13(2,3)7-5-4-6-8(10)9(11)12;1-14(2,3)7-5-4-6-8(9)13(10,11)12/h3-9,11-15,19H,1-2,10,16,20H2;6-8,11-12,16H,4-5,9,13,17H2,1-3H3;13-14H,4-12,15H2,1-3H3;6-7,9,11,13H,4-5,8,10,14H2,1-3H3;12-13H,4-11,14H2,1-3H3;7,10,13H,5-6,8-9,11-12,14H2,1-4H3;13H,5-6,8-9,11-12,14H2,1-4H3;8H,4-7,10H2,1-3H3,(H,11,12);8H,4-7,9H2,1-3H3,(H,10,11,12)/p+9/b11-5+;;;;;10-7+;;;. The first-order valence-corrected chi connectivity index (χ1v) is 88.2. The zero-order valence-corrected chi connectivity index (χ0v) is 107. The largest absolute Gasteiger partial charge is 0.477 e. The van der Waals surface area contributed by atoms with Gasteiger partial charge in [-0.15, -0.1) is 11.5 Å². The number of hydrogen-bond donors (Lipinski definition) is 11. The van der Waals surface area contributed by atoms with Gasteiger partial charge < -0.3 is 61.4 Å². The minimum atomic E-state index is -3.92. The molecule has 2 heterocycles. The van der Waals surface area contributed by atoms with E-state index in [2.05, 4.69) is 372 Å². The Hall–Kier alpha value is -3.87. The molecule has 9 unspecified atom stereocenters. The first kappa shape index (κ1) is 143. The van der Waals surface area contributed by atoms with Crippen LogP contribution >= 0.6 is 0 Å². The van der Waals surface area contributed by atoms with Gasteiger partial charge in [-0.1, -0.05) is 405 Å². The molecule has 1 saturated heterocycles. The van der Waals surface area contributed by atoms with Crippen molar-refractivity contribution < 1.29 is 79.2 Å². The van der Waals surface area contributed by atoms with Crippen LogP contribution in [0.4, 0.5) is 0 Å². The Kier molecular flexibility index (Phi) is 83.9. The fourth-order valence-corrected chi connectivity index (χ4v) is 27.1. The van der Waals surface area contributed by atoms with Crippen molar-refractivity contribution in [2.24, 2.45) is 11.8 Å². The van der Waals surface area contributed by atoms with Gasteiger partial charge in [-0.25, -0.2) is 4.79 Å². The molecule has 1 aliphatic carbocycles. The van der Waals surface area contributed by atoms with Crippen LogP contribution in [0.3, 0.4) is 0 Å². The van der Waals surface area contributed by atoms with E-state index in [1.54, 1.807) is 0 Å². The van der Waals surface area contributed by atoms with Crippen LogP contribution in [-0.2, 0) is 19.6 Å². The number of unbranched alkanes of at least 4 members (excludes halogenated alkanes) is 13. The third-order valence-corrected chi connectivity index (χ3v) is 41.2. The normalized spacial score (nSPS) is 15.3. The molecule has 0 bridgehead atoms. The van der Waals surface area contributed by atoms with Gasteiger partial charge in [-0.2, -0.15) is 8.42 Å². The average Bonchev–Trinajstić information content (AvgIpc) is 0.868. The fraction of sp³-hybridized carbons (Fsp3) is 0.729. The van der Waals surface area contributed by atoms with Crippen molar-refractivity contribution in [3.8, 4) is 23.3 Å². The topological polar surface area (TPSA) is 363 Å². The molecule has 25 heteroatoms. The number of ether oxygens (including phenoxy) is 1. The third-order valence-electron chi connectivity index (χ3n) is 26.3. The molecule has 2 fully saturated rings. The first-order valence-electron chi connectivity index (χ1n) is 57.3. The molecule has 9 atom stereocenters. The van der Waals surface area contributed by atoms with Gasteiger partial charge in [-0.3, -0.25) is 9.54 Å². The van der Waals surface area contributed by atoms with E-state index in [-0.39, 0.29) is 0 Å². The molecule has 0 radical (unpaired) electrons. The summed E-state index contributed by atoms with van der Waals surface area (Å²) in [5, 5.41) is 7.73. The lowest BCUT2D eigenvalue weighted by molar-refractivity contribution is -0.437.